The molecule has 2 aliphatic rings. The maximum Gasteiger partial charge on any atom is 0.407 e. The van der Waals surface area contributed by atoms with Gasteiger partial charge in [0.2, 0.25) is 5.91 Å². The second-order valence-corrected chi connectivity index (χ2v) is 12.0. The summed E-state index contributed by atoms with van der Waals surface area (Å²) in [6.45, 7) is 7.33. The number of amides is 3. The molecule has 1 aliphatic heterocycles. The van der Waals surface area contributed by atoms with E-state index in [1.54, 1.807) is 21.3 Å². The van der Waals surface area contributed by atoms with E-state index in [1.807, 2.05) is 56.0 Å². The van der Waals surface area contributed by atoms with Gasteiger partial charge in [-0.05, 0) is 71.2 Å². The van der Waals surface area contributed by atoms with Gasteiger partial charge in [-0.3, -0.25) is 9.59 Å². The molecule has 2 unspecified atom stereocenters. The second-order valence-electron chi connectivity index (χ2n) is 12.0. The number of hydrogen-bond acceptors (Lipinski definition) is 6. The maximum absolute atomic E-state index is 13.4. The van der Waals surface area contributed by atoms with Gasteiger partial charge >= 0.3 is 6.09 Å². The van der Waals surface area contributed by atoms with Crippen LogP contribution in [0.2, 0.25) is 0 Å². The Labute approximate surface area is 247 Å². The third kappa shape index (κ3) is 6.74. The first-order valence-electron chi connectivity index (χ1n) is 14.4. The van der Waals surface area contributed by atoms with Crippen molar-refractivity contribution in [2.75, 3.05) is 47.5 Å². The minimum absolute atomic E-state index is 0.00293. The van der Waals surface area contributed by atoms with Gasteiger partial charge in [0.15, 0.2) is 18.1 Å². The van der Waals surface area contributed by atoms with Crippen LogP contribution >= 0.6 is 0 Å². The molecule has 0 saturated carbocycles. The van der Waals surface area contributed by atoms with Gasteiger partial charge in [0.05, 0.1) is 14.2 Å². The van der Waals surface area contributed by atoms with E-state index in [-0.39, 0.29) is 48.8 Å². The molecule has 42 heavy (non-hydrogen) atoms. The standard InChI is InChI=1S/C32H43N3O7/c1-32(2,3)30(25-16-22-15-23(7-8-24(22)25)42-19-28(36)33-4)35(31(38)39)14-11-29(37)34-12-9-20-17-26(40-5)27(41-6)18-21(20)10-13-34/h7-8,15,17-18,25,30H,9-14,16,19H2,1-6H3,(H,33,36)(H,38,39). The number of nitrogens with zero attached hydrogens (tertiary/aromatic N) is 2. The molecule has 1 aliphatic carbocycles. The van der Waals surface area contributed by atoms with Crippen LogP contribution in [0.5, 0.6) is 17.2 Å². The van der Waals surface area contributed by atoms with E-state index in [1.165, 1.54) is 4.90 Å². The van der Waals surface area contributed by atoms with Gasteiger partial charge in [0, 0.05) is 45.1 Å². The zero-order valence-electron chi connectivity index (χ0n) is 25.5. The van der Waals surface area contributed by atoms with E-state index in [9.17, 15) is 19.5 Å². The van der Waals surface area contributed by atoms with E-state index >= 15 is 0 Å². The topological polar surface area (TPSA) is 118 Å². The van der Waals surface area contributed by atoms with Gasteiger partial charge in [-0.2, -0.15) is 0 Å². The summed E-state index contributed by atoms with van der Waals surface area (Å²) in [6, 6.07) is 9.36. The Hall–Kier alpha value is -3.95. The predicted octanol–water partition coefficient (Wildman–Crippen LogP) is 3.88. The fourth-order valence-corrected chi connectivity index (χ4v) is 6.25. The van der Waals surface area contributed by atoms with Crippen LogP contribution in [0.1, 0.15) is 55.4 Å². The number of nitrogens with one attached hydrogen (secondary N) is 1. The molecule has 1 heterocycles. The van der Waals surface area contributed by atoms with Crippen molar-refractivity contribution in [1.82, 2.24) is 15.1 Å². The molecule has 2 aromatic carbocycles. The van der Waals surface area contributed by atoms with E-state index in [2.05, 4.69) is 5.32 Å². The normalized spacial score (nSPS) is 16.6. The monoisotopic (exact) mass is 581 g/mol. The fourth-order valence-electron chi connectivity index (χ4n) is 6.25. The highest BCUT2D eigenvalue weighted by atomic mass is 16.5. The summed E-state index contributed by atoms with van der Waals surface area (Å²) in [6.07, 6.45) is 1.19. The molecule has 0 spiro atoms. The fraction of sp³-hybridized carbons (Fsp3) is 0.531. The summed E-state index contributed by atoms with van der Waals surface area (Å²) in [4.78, 5) is 40.8. The van der Waals surface area contributed by atoms with Crippen molar-refractivity contribution in [1.29, 1.82) is 0 Å². The molecule has 10 nitrogen and oxygen atoms in total. The molecular formula is C32H43N3O7. The van der Waals surface area contributed by atoms with Crippen LogP contribution in [-0.4, -0.2) is 86.4 Å². The van der Waals surface area contributed by atoms with E-state index in [0.717, 1.165) is 22.3 Å². The summed E-state index contributed by atoms with van der Waals surface area (Å²) < 4.78 is 16.5. The third-order valence-electron chi connectivity index (χ3n) is 8.38. The number of carbonyl (C=O) groups excluding carboxylic acids is 2. The Morgan fingerprint density at radius 2 is 1.64 bits per heavy atom. The van der Waals surface area contributed by atoms with Crippen molar-refractivity contribution in [2.24, 2.45) is 5.41 Å². The number of carboxylic acid groups (broad SMARTS) is 1. The average molecular weight is 582 g/mol. The van der Waals surface area contributed by atoms with Gasteiger partial charge in [-0.25, -0.2) is 4.79 Å². The van der Waals surface area contributed by atoms with Crippen LogP contribution in [-0.2, 0) is 28.9 Å². The lowest BCUT2D eigenvalue weighted by Gasteiger charge is -2.48. The van der Waals surface area contributed by atoms with Gasteiger partial charge in [-0.15, -0.1) is 0 Å². The highest BCUT2D eigenvalue weighted by Gasteiger charge is 2.44. The lowest BCUT2D eigenvalue weighted by atomic mass is 9.66. The quantitative estimate of drug-likeness (QED) is 0.437. The molecule has 4 rings (SSSR count). The van der Waals surface area contributed by atoms with Gasteiger partial charge < -0.3 is 34.4 Å². The molecule has 2 N–H and O–H groups in total. The third-order valence-corrected chi connectivity index (χ3v) is 8.38. The molecule has 0 radical (unpaired) electrons. The highest BCUT2D eigenvalue weighted by molar-refractivity contribution is 5.78. The minimum Gasteiger partial charge on any atom is -0.493 e. The molecule has 228 valence electrons. The molecule has 2 aromatic rings. The summed E-state index contributed by atoms with van der Waals surface area (Å²) >= 11 is 0. The van der Waals surface area contributed by atoms with Crippen molar-refractivity contribution in [3.05, 3.63) is 52.6 Å². The van der Waals surface area contributed by atoms with Gasteiger partial charge in [-0.1, -0.05) is 26.8 Å². The molecule has 10 heteroatoms. The van der Waals surface area contributed by atoms with Crippen LogP contribution in [0.25, 0.3) is 0 Å². The van der Waals surface area contributed by atoms with E-state index in [0.29, 0.717) is 49.6 Å². The molecule has 0 aromatic heterocycles. The van der Waals surface area contributed by atoms with Crippen LogP contribution in [0.4, 0.5) is 4.79 Å². The molecule has 2 atom stereocenters. The summed E-state index contributed by atoms with van der Waals surface area (Å²) in [7, 11) is 4.78. The molecule has 0 saturated heterocycles. The zero-order chi connectivity index (χ0) is 30.6. The van der Waals surface area contributed by atoms with Crippen LogP contribution < -0.4 is 19.5 Å². The number of rotatable bonds is 10. The largest absolute Gasteiger partial charge is 0.493 e. The highest BCUT2D eigenvalue weighted by Crippen LogP contribution is 2.46. The lowest BCUT2D eigenvalue weighted by Crippen LogP contribution is -2.53. The Morgan fingerprint density at radius 3 is 2.14 bits per heavy atom. The second kappa shape index (κ2) is 12.9. The van der Waals surface area contributed by atoms with Crippen molar-refractivity contribution in [3.8, 4) is 17.2 Å². The van der Waals surface area contributed by atoms with Crippen LogP contribution in [0.3, 0.4) is 0 Å². The summed E-state index contributed by atoms with van der Waals surface area (Å²) in [5.74, 6) is 1.70. The SMILES string of the molecule is CNC(=O)COc1ccc2c(c1)CC2C(N(CCC(=O)N1CCc2cc(OC)c(OC)cc2CC1)C(=O)O)C(C)(C)C. The Balaban J connectivity index is 1.43. The number of benzene rings is 2. The van der Waals surface area contributed by atoms with Gasteiger partial charge in [0.25, 0.3) is 5.91 Å². The number of hydrogen-bond donors (Lipinski definition) is 2. The Kier molecular flexibility index (Phi) is 9.53. The number of carbonyl (C=O) groups is 3. The number of ether oxygens (including phenoxy) is 3. The van der Waals surface area contributed by atoms with Crippen molar-refractivity contribution < 1.29 is 33.7 Å². The summed E-state index contributed by atoms with van der Waals surface area (Å²) in [5.41, 5.74) is 4.07. The zero-order valence-corrected chi connectivity index (χ0v) is 25.5. The van der Waals surface area contributed by atoms with Crippen LogP contribution in [0.15, 0.2) is 30.3 Å². The van der Waals surface area contributed by atoms with Crippen molar-refractivity contribution in [2.45, 2.75) is 58.4 Å². The smallest absolute Gasteiger partial charge is 0.407 e. The minimum atomic E-state index is -1.02. The van der Waals surface area contributed by atoms with E-state index in [4.69, 9.17) is 14.2 Å². The number of methoxy groups -OCH3 is 2. The average Bonchev–Trinajstić information content (AvgIpc) is 3.16. The number of likely N-dealkylation sites (N-methyl/N-ethyl adjacent to an activating group) is 1. The molecular weight excluding hydrogens is 538 g/mol. The first-order chi connectivity index (χ1) is 20.0. The number of fused-ring (bicyclic) bond motifs is 2. The molecule has 0 fully saturated rings. The Bertz CT molecular complexity index is 1280. The lowest BCUT2D eigenvalue weighted by molar-refractivity contribution is -0.131. The van der Waals surface area contributed by atoms with Crippen LogP contribution in [0, 0.1) is 5.41 Å². The first-order valence-corrected chi connectivity index (χ1v) is 14.4. The predicted molar refractivity (Wildman–Crippen MR) is 159 cm³/mol. The van der Waals surface area contributed by atoms with Crippen molar-refractivity contribution >= 4 is 17.9 Å². The first kappa shape index (κ1) is 31.0. The molecule has 3 amide bonds. The Morgan fingerprint density at radius 1 is 1.02 bits per heavy atom. The van der Waals surface area contributed by atoms with Gasteiger partial charge in [0.1, 0.15) is 5.75 Å². The van der Waals surface area contributed by atoms with Crippen molar-refractivity contribution in [3.63, 3.8) is 0 Å². The molecule has 0 bridgehead atoms. The van der Waals surface area contributed by atoms with E-state index < -0.39 is 6.09 Å². The summed E-state index contributed by atoms with van der Waals surface area (Å²) in [5, 5.41) is 12.8. The maximum atomic E-state index is 13.4.